The maximum absolute atomic E-state index is 14.3. The highest BCUT2D eigenvalue weighted by atomic mass is 19.4. The molecule has 0 saturated carbocycles. The van der Waals surface area contributed by atoms with Crippen LogP contribution in [-0.4, -0.2) is 47.3 Å². The average Bonchev–Trinajstić information content (AvgIpc) is 3.13. The van der Waals surface area contributed by atoms with E-state index in [-0.39, 0.29) is 18.9 Å². The fourth-order valence-corrected chi connectivity index (χ4v) is 3.25. The van der Waals surface area contributed by atoms with Crippen LogP contribution in [0.15, 0.2) is 24.7 Å². The molecule has 30 heavy (non-hydrogen) atoms. The van der Waals surface area contributed by atoms with Crippen molar-refractivity contribution in [3.8, 4) is 5.95 Å². The SMILES string of the molecule is C[C@H]1c2nnn(-c3ncc(F)cn3)c2CCN1C(=O)c1ccnc(C(F)(F)F)c1F. The number of nitrogens with zero attached hydrogens (tertiary/aromatic N) is 7. The van der Waals surface area contributed by atoms with Gasteiger partial charge in [-0.25, -0.2) is 23.7 Å². The zero-order valence-electron chi connectivity index (χ0n) is 15.2. The number of carbonyl (C=O) groups is 1. The van der Waals surface area contributed by atoms with Gasteiger partial charge in [0, 0.05) is 19.2 Å². The fraction of sp³-hybridized carbons (Fsp3) is 0.294. The van der Waals surface area contributed by atoms with Crippen molar-refractivity contribution in [2.75, 3.05) is 6.54 Å². The third kappa shape index (κ3) is 3.25. The predicted molar refractivity (Wildman–Crippen MR) is 89.3 cm³/mol. The lowest BCUT2D eigenvalue weighted by Crippen LogP contribution is -2.40. The molecule has 0 spiro atoms. The van der Waals surface area contributed by atoms with Gasteiger partial charge in [-0.1, -0.05) is 5.21 Å². The number of pyridine rings is 1. The Labute approximate surface area is 165 Å². The van der Waals surface area contributed by atoms with Crippen LogP contribution in [0.1, 0.15) is 40.4 Å². The van der Waals surface area contributed by atoms with Gasteiger partial charge in [-0.3, -0.25) is 4.79 Å². The second kappa shape index (κ2) is 7.07. The molecule has 1 amide bonds. The number of aromatic nitrogens is 6. The Morgan fingerprint density at radius 2 is 1.87 bits per heavy atom. The lowest BCUT2D eigenvalue weighted by molar-refractivity contribution is -0.143. The molecule has 0 aliphatic carbocycles. The van der Waals surface area contributed by atoms with Gasteiger partial charge in [0.05, 0.1) is 29.7 Å². The Hall–Kier alpha value is -3.51. The number of alkyl halides is 3. The lowest BCUT2D eigenvalue weighted by Gasteiger charge is -2.32. The third-order valence-corrected chi connectivity index (χ3v) is 4.69. The minimum Gasteiger partial charge on any atom is -0.330 e. The Morgan fingerprint density at radius 3 is 2.53 bits per heavy atom. The summed E-state index contributed by atoms with van der Waals surface area (Å²) in [5, 5.41) is 7.93. The molecule has 0 radical (unpaired) electrons. The monoisotopic (exact) mass is 425 g/mol. The van der Waals surface area contributed by atoms with Gasteiger partial charge in [0.1, 0.15) is 5.69 Å². The highest BCUT2D eigenvalue weighted by Crippen LogP contribution is 2.33. The third-order valence-electron chi connectivity index (χ3n) is 4.69. The average molecular weight is 425 g/mol. The smallest absolute Gasteiger partial charge is 0.330 e. The van der Waals surface area contributed by atoms with E-state index in [1.807, 2.05) is 0 Å². The summed E-state index contributed by atoms with van der Waals surface area (Å²) in [6.45, 7) is 1.65. The number of amides is 1. The van der Waals surface area contributed by atoms with Crippen LogP contribution in [-0.2, 0) is 12.6 Å². The first-order valence-corrected chi connectivity index (χ1v) is 8.63. The standard InChI is InChI=1S/C17H12F5N7O/c1-8-13-11(29(27-26-13)16-24-6-9(18)7-25-16)3-5-28(8)15(30)10-2-4-23-14(12(10)19)17(20,21)22/h2,4,6-8H,3,5H2,1H3/t8-/m0/s1. The van der Waals surface area contributed by atoms with Gasteiger partial charge in [0.15, 0.2) is 17.3 Å². The van der Waals surface area contributed by atoms with Crippen molar-refractivity contribution < 1.29 is 26.7 Å². The largest absolute Gasteiger partial charge is 0.436 e. The minimum atomic E-state index is -5.03. The van der Waals surface area contributed by atoms with E-state index in [4.69, 9.17) is 0 Å². The van der Waals surface area contributed by atoms with Crippen molar-refractivity contribution in [1.82, 2.24) is 34.8 Å². The Kier molecular flexibility index (Phi) is 4.67. The van der Waals surface area contributed by atoms with E-state index < -0.39 is 41.0 Å². The summed E-state index contributed by atoms with van der Waals surface area (Å²) in [7, 11) is 0. The van der Waals surface area contributed by atoms with Gasteiger partial charge < -0.3 is 4.90 Å². The van der Waals surface area contributed by atoms with Gasteiger partial charge in [-0.15, -0.1) is 5.10 Å². The van der Waals surface area contributed by atoms with Gasteiger partial charge >= 0.3 is 6.18 Å². The first-order valence-electron chi connectivity index (χ1n) is 8.63. The molecule has 3 aromatic rings. The van der Waals surface area contributed by atoms with Crippen LogP contribution in [0.3, 0.4) is 0 Å². The van der Waals surface area contributed by atoms with Crippen molar-refractivity contribution >= 4 is 5.91 Å². The maximum Gasteiger partial charge on any atom is 0.436 e. The van der Waals surface area contributed by atoms with Crippen LogP contribution in [0.25, 0.3) is 5.95 Å². The van der Waals surface area contributed by atoms with Crippen molar-refractivity contribution in [3.05, 3.63) is 58.9 Å². The van der Waals surface area contributed by atoms with E-state index in [2.05, 4.69) is 25.3 Å². The van der Waals surface area contributed by atoms with E-state index in [1.165, 1.54) is 9.58 Å². The molecule has 0 bridgehead atoms. The summed E-state index contributed by atoms with van der Waals surface area (Å²) in [6.07, 6.45) is -2.16. The van der Waals surface area contributed by atoms with Crippen molar-refractivity contribution in [1.29, 1.82) is 0 Å². The normalized spacial score (nSPS) is 16.5. The maximum atomic E-state index is 14.3. The molecule has 1 atom stereocenters. The first kappa shape index (κ1) is 19.8. The van der Waals surface area contributed by atoms with Crippen molar-refractivity contribution in [2.45, 2.75) is 25.6 Å². The summed E-state index contributed by atoms with van der Waals surface area (Å²) >= 11 is 0. The Bertz CT molecular complexity index is 1110. The quantitative estimate of drug-likeness (QED) is 0.587. The first-order chi connectivity index (χ1) is 14.2. The highest BCUT2D eigenvalue weighted by molar-refractivity contribution is 5.95. The second-order valence-corrected chi connectivity index (χ2v) is 6.48. The summed E-state index contributed by atoms with van der Waals surface area (Å²) in [4.78, 5) is 24.7. The van der Waals surface area contributed by atoms with Crippen LogP contribution < -0.4 is 0 Å². The molecule has 1 aliphatic heterocycles. The van der Waals surface area contributed by atoms with Gasteiger partial charge in [0.25, 0.3) is 11.9 Å². The molecule has 3 aromatic heterocycles. The Morgan fingerprint density at radius 1 is 1.17 bits per heavy atom. The fourth-order valence-electron chi connectivity index (χ4n) is 3.25. The number of halogens is 5. The summed E-state index contributed by atoms with van der Waals surface area (Å²) in [5.74, 6) is -3.20. The summed E-state index contributed by atoms with van der Waals surface area (Å²) < 4.78 is 67.4. The molecule has 0 aromatic carbocycles. The van der Waals surface area contributed by atoms with E-state index in [0.29, 0.717) is 11.4 Å². The number of carbonyl (C=O) groups excluding carboxylic acids is 1. The van der Waals surface area contributed by atoms with Crippen molar-refractivity contribution in [2.24, 2.45) is 0 Å². The van der Waals surface area contributed by atoms with Crippen LogP contribution >= 0.6 is 0 Å². The molecule has 0 N–H and O–H groups in total. The van der Waals surface area contributed by atoms with Crippen LogP contribution in [0.2, 0.25) is 0 Å². The van der Waals surface area contributed by atoms with Crippen LogP contribution in [0.5, 0.6) is 0 Å². The van der Waals surface area contributed by atoms with Crippen LogP contribution in [0.4, 0.5) is 22.0 Å². The van der Waals surface area contributed by atoms with Crippen molar-refractivity contribution in [3.63, 3.8) is 0 Å². The minimum absolute atomic E-state index is 0.0602. The molecule has 156 valence electrons. The number of rotatable bonds is 2. The number of hydrogen-bond donors (Lipinski definition) is 0. The molecule has 0 saturated heterocycles. The number of hydrogen-bond acceptors (Lipinski definition) is 6. The summed E-state index contributed by atoms with van der Waals surface area (Å²) in [5.41, 5.74) is -1.57. The zero-order chi connectivity index (χ0) is 21.6. The topological polar surface area (TPSA) is 89.7 Å². The van der Waals surface area contributed by atoms with E-state index in [1.54, 1.807) is 6.92 Å². The van der Waals surface area contributed by atoms with Crippen LogP contribution in [0, 0.1) is 11.6 Å². The summed E-state index contributed by atoms with van der Waals surface area (Å²) in [6, 6.07) is 0.190. The van der Waals surface area contributed by atoms with E-state index >= 15 is 0 Å². The molecule has 1 aliphatic rings. The van der Waals surface area contributed by atoms with E-state index in [0.717, 1.165) is 24.7 Å². The molecule has 4 heterocycles. The molecular weight excluding hydrogens is 413 g/mol. The molecule has 13 heteroatoms. The van der Waals surface area contributed by atoms with Gasteiger partial charge in [-0.05, 0) is 13.0 Å². The van der Waals surface area contributed by atoms with Gasteiger partial charge in [-0.2, -0.15) is 17.9 Å². The molecule has 8 nitrogen and oxygen atoms in total. The number of fused-ring (bicyclic) bond motifs is 1. The Balaban J connectivity index is 1.66. The lowest BCUT2D eigenvalue weighted by atomic mass is 10.0. The molecule has 0 fully saturated rings. The second-order valence-electron chi connectivity index (χ2n) is 6.48. The van der Waals surface area contributed by atoms with E-state index in [9.17, 15) is 26.7 Å². The van der Waals surface area contributed by atoms with Gasteiger partial charge in [0.2, 0.25) is 0 Å². The predicted octanol–water partition coefficient (Wildman–Crippen LogP) is 2.51. The zero-order valence-corrected chi connectivity index (χ0v) is 15.2. The molecule has 4 rings (SSSR count). The molecule has 0 unspecified atom stereocenters. The highest BCUT2D eigenvalue weighted by Gasteiger charge is 2.40. The molecular formula is C17H12F5N7O.